The van der Waals surface area contributed by atoms with Gasteiger partial charge in [-0.25, -0.2) is 0 Å². The Bertz CT molecular complexity index is 328. The second-order valence-corrected chi connectivity index (χ2v) is 5.52. The van der Waals surface area contributed by atoms with Gasteiger partial charge in [0.15, 0.2) is 0 Å². The van der Waals surface area contributed by atoms with Gasteiger partial charge in [0, 0.05) is 27.7 Å². The number of aliphatic carboxylic acids is 1. The van der Waals surface area contributed by atoms with Crippen molar-refractivity contribution in [2.75, 3.05) is 6.54 Å². The van der Waals surface area contributed by atoms with Gasteiger partial charge < -0.3 is 10.4 Å². The number of thiophene rings is 1. The van der Waals surface area contributed by atoms with Gasteiger partial charge in [-0.05, 0) is 41.4 Å². The third-order valence-corrected chi connectivity index (χ3v) is 3.86. The fraction of sp³-hybridized carbons (Fsp3) is 0.545. The zero-order valence-electron chi connectivity index (χ0n) is 9.04. The minimum atomic E-state index is -0.698. The van der Waals surface area contributed by atoms with Gasteiger partial charge in [0.25, 0.3) is 0 Å². The van der Waals surface area contributed by atoms with Crippen LogP contribution in [0.5, 0.6) is 0 Å². The Morgan fingerprint density at radius 3 is 2.88 bits per heavy atom. The monoisotopic (exact) mass is 305 g/mol. The Morgan fingerprint density at radius 1 is 1.44 bits per heavy atom. The van der Waals surface area contributed by atoms with Gasteiger partial charge in [0.1, 0.15) is 0 Å². The highest BCUT2D eigenvalue weighted by Crippen LogP contribution is 2.19. The van der Waals surface area contributed by atoms with Crippen LogP contribution < -0.4 is 5.32 Å². The van der Waals surface area contributed by atoms with E-state index in [1.807, 2.05) is 0 Å². The van der Waals surface area contributed by atoms with E-state index in [4.69, 9.17) is 5.11 Å². The molecule has 0 radical (unpaired) electrons. The maximum Gasteiger partial charge on any atom is 0.303 e. The zero-order valence-corrected chi connectivity index (χ0v) is 11.4. The molecule has 90 valence electrons. The molecule has 0 saturated carbocycles. The highest BCUT2D eigenvalue weighted by atomic mass is 79.9. The smallest absolute Gasteiger partial charge is 0.303 e. The molecule has 1 rings (SSSR count). The standard InChI is InChI=1S/C11H16BrNO2S/c12-9-6-10(16-8-9)7-13-5-3-1-2-4-11(14)15/h6,8,13H,1-5,7H2,(H,14,15). The summed E-state index contributed by atoms with van der Waals surface area (Å²) in [5.41, 5.74) is 0. The number of hydrogen-bond donors (Lipinski definition) is 2. The van der Waals surface area contributed by atoms with E-state index >= 15 is 0 Å². The number of rotatable bonds is 8. The van der Waals surface area contributed by atoms with E-state index in [9.17, 15) is 4.79 Å². The highest BCUT2D eigenvalue weighted by molar-refractivity contribution is 9.10. The maximum atomic E-state index is 10.3. The van der Waals surface area contributed by atoms with E-state index in [1.165, 1.54) is 4.88 Å². The van der Waals surface area contributed by atoms with Crippen LogP contribution in [-0.2, 0) is 11.3 Å². The van der Waals surface area contributed by atoms with Crippen molar-refractivity contribution in [2.45, 2.75) is 32.2 Å². The average Bonchev–Trinajstić information content (AvgIpc) is 2.62. The molecule has 0 aliphatic carbocycles. The molecule has 0 aliphatic heterocycles. The van der Waals surface area contributed by atoms with Gasteiger partial charge in [0.05, 0.1) is 0 Å². The molecule has 2 N–H and O–H groups in total. The largest absolute Gasteiger partial charge is 0.481 e. The Labute approximate surface area is 108 Å². The summed E-state index contributed by atoms with van der Waals surface area (Å²) in [6.07, 6.45) is 3.09. The van der Waals surface area contributed by atoms with Crippen LogP contribution in [0, 0.1) is 0 Å². The second-order valence-electron chi connectivity index (χ2n) is 3.61. The second kappa shape index (κ2) is 7.81. The van der Waals surface area contributed by atoms with Crippen LogP contribution in [0.3, 0.4) is 0 Å². The number of nitrogens with one attached hydrogen (secondary N) is 1. The Kier molecular flexibility index (Phi) is 6.68. The summed E-state index contributed by atoms with van der Waals surface area (Å²) in [6, 6.07) is 2.11. The van der Waals surface area contributed by atoms with Gasteiger partial charge in [-0.3, -0.25) is 4.79 Å². The molecule has 5 heteroatoms. The van der Waals surface area contributed by atoms with Crippen molar-refractivity contribution in [3.63, 3.8) is 0 Å². The molecule has 0 unspecified atom stereocenters. The van der Waals surface area contributed by atoms with Gasteiger partial charge in [-0.15, -0.1) is 11.3 Å². The summed E-state index contributed by atoms with van der Waals surface area (Å²) in [6.45, 7) is 1.85. The molecule has 16 heavy (non-hydrogen) atoms. The van der Waals surface area contributed by atoms with E-state index in [1.54, 1.807) is 11.3 Å². The van der Waals surface area contributed by atoms with Crippen LogP contribution in [0.4, 0.5) is 0 Å². The summed E-state index contributed by atoms with van der Waals surface area (Å²) in [5, 5.41) is 13.9. The molecule has 0 saturated heterocycles. The van der Waals surface area contributed by atoms with Crippen molar-refractivity contribution in [3.05, 3.63) is 20.8 Å². The fourth-order valence-electron chi connectivity index (χ4n) is 1.36. The van der Waals surface area contributed by atoms with Gasteiger partial charge in [-0.2, -0.15) is 0 Å². The number of carbonyl (C=O) groups is 1. The normalized spacial score (nSPS) is 10.6. The molecule has 0 aliphatic rings. The van der Waals surface area contributed by atoms with E-state index < -0.39 is 5.97 Å². The number of carboxylic acid groups (broad SMARTS) is 1. The molecule has 0 atom stereocenters. The van der Waals surface area contributed by atoms with E-state index in [0.29, 0.717) is 0 Å². The molecular formula is C11H16BrNO2S. The van der Waals surface area contributed by atoms with Crippen molar-refractivity contribution >= 4 is 33.2 Å². The summed E-state index contributed by atoms with van der Waals surface area (Å²) >= 11 is 5.15. The summed E-state index contributed by atoms with van der Waals surface area (Å²) in [4.78, 5) is 11.6. The van der Waals surface area contributed by atoms with Crippen LogP contribution in [-0.4, -0.2) is 17.6 Å². The predicted molar refractivity (Wildman–Crippen MR) is 69.8 cm³/mol. The van der Waals surface area contributed by atoms with E-state index in [-0.39, 0.29) is 6.42 Å². The lowest BCUT2D eigenvalue weighted by Crippen LogP contribution is -2.13. The fourth-order valence-corrected chi connectivity index (χ4v) is 2.78. The van der Waals surface area contributed by atoms with Crippen LogP contribution in [0.1, 0.15) is 30.6 Å². The van der Waals surface area contributed by atoms with Crippen LogP contribution in [0.2, 0.25) is 0 Å². The predicted octanol–water partition coefficient (Wildman–Crippen LogP) is 3.25. The zero-order chi connectivity index (χ0) is 11.8. The molecule has 1 aromatic rings. The average molecular weight is 306 g/mol. The van der Waals surface area contributed by atoms with Crippen molar-refractivity contribution in [1.82, 2.24) is 5.32 Å². The number of halogens is 1. The van der Waals surface area contributed by atoms with Crippen LogP contribution in [0.15, 0.2) is 15.9 Å². The van der Waals surface area contributed by atoms with Gasteiger partial charge in [0.2, 0.25) is 0 Å². The van der Waals surface area contributed by atoms with Crippen molar-refractivity contribution in [2.24, 2.45) is 0 Å². The summed E-state index contributed by atoms with van der Waals surface area (Å²) < 4.78 is 1.13. The van der Waals surface area contributed by atoms with Crippen LogP contribution in [0.25, 0.3) is 0 Å². The van der Waals surface area contributed by atoms with Crippen molar-refractivity contribution in [3.8, 4) is 0 Å². The minimum absolute atomic E-state index is 0.290. The minimum Gasteiger partial charge on any atom is -0.481 e. The molecule has 0 amide bonds. The molecule has 1 heterocycles. The number of carboxylic acids is 1. The lowest BCUT2D eigenvalue weighted by Gasteiger charge is -2.02. The van der Waals surface area contributed by atoms with E-state index in [0.717, 1.165) is 36.8 Å². The lowest BCUT2D eigenvalue weighted by atomic mass is 10.2. The lowest BCUT2D eigenvalue weighted by molar-refractivity contribution is -0.137. The van der Waals surface area contributed by atoms with Gasteiger partial charge >= 0.3 is 5.97 Å². The Morgan fingerprint density at radius 2 is 2.25 bits per heavy atom. The number of unbranched alkanes of at least 4 members (excludes halogenated alkanes) is 2. The summed E-state index contributed by atoms with van der Waals surface area (Å²) in [7, 11) is 0. The molecule has 3 nitrogen and oxygen atoms in total. The third kappa shape index (κ3) is 6.25. The molecule has 0 bridgehead atoms. The quantitative estimate of drug-likeness (QED) is 0.725. The topological polar surface area (TPSA) is 49.3 Å². The number of hydrogen-bond acceptors (Lipinski definition) is 3. The maximum absolute atomic E-state index is 10.3. The highest BCUT2D eigenvalue weighted by Gasteiger charge is 1.98. The first-order valence-corrected chi connectivity index (χ1v) is 7.01. The SMILES string of the molecule is O=C(O)CCCCCNCc1cc(Br)cs1. The first-order valence-electron chi connectivity index (χ1n) is 5.34. The van der Waals surface area contributed by atoms with E-state index in [2.05, 4.69) is 32.7 Å². The first-order chi connectivity index (χ1) is 7.68. The Balaban J connectivity index is 1.94. The molecule has 1 aromatic heterocycles. The summed E-state index contributed by atoms with van der Waals surface area (Å²) in [5.74, 6) is -0.698. The molecular weight excluding hydrogens is 290 g/mol. The van der Waals surface area contributed by atoms with Gasteiger partial charge in [-0.1, -0.05) is 6.42 Å². The van der Waals surface area contributed by atoms with Crippen molar-refractivity contribution < 1.29 is 9.90 Å². The Hall–Kier alpha value is -0.390. The molecule has 0 fully saturated rings. The van der Waals surface area contributed by atoms with Crippen molar-refractivity contribution in [1.29, 1.82) is 0 Å². The molecule has 0 aromatic carbocycles. The van der Waals surface area contributed by atoms with Crippen LogP contribution >= 0.6 is 27.3 Å². The first kappa shape index (κ1) is 13.7. The molecule has 0 spiro atoms. The third-order valence-electron chi connectivity index (χ3n) is 2.17.